The number of alkyl halides is 3. The van der Waals surface area contributed by atoms with Gasteiger partial charge in [0.2, 0.25) is 0 Å². The van der Waals surface area contributed by atoms with Crippen LogP contribution < -0.4 is 5.73 Å². The average Bonchev–Trinajstić information content (AvgIpc) is 2.82. The van der Waals surface area contributed by atoms with Gasteiger partial charge >= 0.3 is 6.18 Å². The van der Waals surface area contributed by atoms with Gasteiger partial charge in [0.25, 0.3) is 0 Å². The number of piperidine rings is 1. The highest BCUT2D eigenvalue weighted by Crippen LogP contribution is 2.37. The molecule has 2 rings (SSSR count). The predicted molar refractivity (Wildman–Crippen MR) is 51.4 cm³/mol. The second-order valence-corrected chi connectivity index (χ2v) is 4.98. The van der Waals surface area contributed by atoms with Crippen molar-refractivity contribution in [3.8, 4) is 0 Å². The van der Waals surface area contributed by atoms with Crippen LogP contribution in [0.25, 0.3) is 0 Å². The Kier molecular flexibility index (Phi) is 2.71. The summed E-state index contributed by atoms with van der Waals surface area (Å²) >= 11 is 0. The van der Waals surface area contributed by atoms with Crippen molar-refractivity contribution in [3.05, 3.63) is 0 Å². The molecule has 0 aromatic heterocycles. The van der Waals surface area contributed by atoms with Crippen LogP contribution in [0.3, 0.4) is 0 Å². The minimum atomic E-state index is -4.04. The Balaban J connectivity index is 1.87. The Morgan fingerprint density at radius 1 is 1.33 bits per heavy atom. The van der Waals surface area contributed by atoms with E-state index < -0.39 is 12.1 Å². The van der Waals surface area contributed by atoms with Gasteiger partial charge in [0.15, 0.2) is 0 Å². The quantitative estimate of drug-likeness (QED) is 0.771. The first-order valence-electron chi connectivity index (χ1n) is 5.47. The Morgan fingerprint density at radius 2 is 2.00 bits per heavy atom. The van der Waals surface area contributed by atoms with Gasteiger partial charge in [0.05, 0.1) is 5.92 Å². The SMILES string of the molecule is NC1(CN2CCCC(C(F)(F)F)C2)CC1. The topological polar surface area (TPSA) is 29.3 Å². The highest BCUT2D eigenvalue weighted by molar-refractivity contribution is 5.01. The monoisotopic (exact) mass is 222 g/mol. The number of likely N-dealkylation sites (tertiary alicyclic amines) is 1. The van der Waals surface area contributed by atoms with Crippen molar-refractivity contribution in [2.24, 2.45) is 11.7 Å². The van der Waals surface area contributed by atoms with Gasteiger partial charge in [-0.15, -0.1) is 0 Å². The number of hydrogen-bond acceptors (Lipinski definition) is 2. The standard InChI is InChI=1S/C10H17F3N2/c11-10(12,13)8-2-1-5-15(6-8)7-9(14)3-4-9/h8H,1-7,14H2. The van der Waals surface area contributed by atoms with E-state index in [-0.39, 0.29) is 18.5 Å². The second kappa shape index (κ2) is 3.63. The summed E-state index contributed by atoms with van der Waals surface area (Å²) in [5.74, 6) is -1.14. The third-order valence-electron chi connectivity index (χ3n) is 3.40. The van der Waals surface area contributed by atoms with Gasteiger partial charge in [-0.2, -0.15) is 13.2 Å². The molecule has 0 radical (unpaired) electrons. The molecule has 1 saturated heterocycles. The van der Waals surface area contributed by atoms with Crippen LogP contribution in [0.2, 0.25) is 0 Å². The summed E-state index contributed by atoms with van der Waals surface area (Å²) in [6.07, 6.45) is -1.21. The molecule has 2 nitrogen and oxygen atoms in total. The summed E-state index contributed by atoms with van der Waals surface area (Å²) in [6, 6.07) is 0. The molecule has 2 N–H and O–H groups in total. The molecule has 0 aromatic rings. The average molecular weight is 222 g/mol. The Morgan fingerprint density at radius 3 is 2.53 bits per heavy atom. The zero-order valence-electron chi connectivity index (χ0n) is 8.69. The van der Waals surface area contributed by atoms with Crippen LogP contribution in [-0.2, 0) is 0 Å². The number of halogens is 3. The van der Waals surface area contributed by atoms with Crippen LogP contribution >= 0.6 is 0 Å². The van der Waals surface area contributed by atoms with Crippen LogP contribution in [-0.4, -0.2) is 36.2 Å². The van der Waals surface area contributed by atoms with E-state index in [1.54, 1.807) is 0 Å². The Bertz CT molecular complexity index is 235. The summed E-state index contributed by atoms with van der Waals surface area (Å²) in [6.45, 7) is 1.55. The van der Waals surface area contributed by atoms with Crippen molar-refractivity contribution in [2.45, 2.75) is 37.4 Å². The first kappa shape index (κ1) is 11.2. The molecular formula is C10H17F3N2. The van der Waals surface area contributed by atoms with Crippen LogP contribution in [0.15, 0.2) is 0 Å². The molecule has 1 atom stereocenters. The lowest BCUT2D eigenvalue weighted by atomic mass is 9.97. The van der Waals surface area contributed by atoms with Gasteiger partial charge in [0.1, 0.15) is 0 Å². The number of hydrogen-bond donors (Lipinski definition) is 1. The zero-order chi connectivity index (χ0) is 11.1. The molecule has 0 aromatic carbocycles. The van der Waals surface area contributed by atoms with Crippen molar-refractivity contribution in [1.29, 1.82) is 0 Å². The van der Waals surface area contributed by atoms with Crippen molar-refractivity contribution >= 4 is 0 Å². The lowest BCUT2D eigenvalue weighted by molar-refractivity contribution is -0.186. The summed E-state index contributed by atoms with van der Waals surface area (Å²) in [7, 11) is 0. The lowest BCUT2D eigenvalue weighted by Crippen LogP contribution is -2.47. The molecular weight excluding hydrogens is 205 g/mol. The third kappa shape index (κ3) is 2.84. The number of nitrogens with two attached hydrogens (primary N) is 1. The fraction of sp³-hybridized carbons (Fsp3) is 1.00. The molecule has 0 spiro atoms. The first-order valence-corrected chi connectivity index (χ1v) is 5.47. The minimum Gasteiger partial charge on any atom is -0.324 e. The highest BCUT2D eigenvalue weighted by Gasteiger charge is 2.45. The second-order valence-electron chi connectivity index (χ2n) is 4.98. The van der Waals surface area contributed by atoms with Crippen molar-refractivity contribution in [2.75, 3.05) is 19.6 Å². The normalized spacial score (nSPS) is 31.6. The smallest absolute Gasteiger partial charge is 0.324 e. The third-order valence-corrected chi connectivity index (χ3v) is 3.40. The molecule has 2 aliphatic rings. The van der Waals surface area contributed by atoms with Crippen LogP contribution in [0, 0.1) is 5.92 Å². The van der Waals surface area contributed by atoms with E-state index in [0.29, 0.717) is 13.0 Å². The van der Waals surface area contributed by atoms with E-state index in [0.717, 1.165) is 19.4 Å². The van der Waals surface area contributed by atoms with Gasteiger partial charge < -0.3 is 10.6 Å². The van der Waals surface area contributed by atoms with Gasteiger partial charge in [-0.25, -0.2) is 0 Å². The van der Waals surface area contributed by atoms with E-state index in [1.165, 1.54) is 0 Å². The fourth-order valence-electron chi connectivity index (χ4n) is 2.23. The maximum atomic E-state index is 12.5. The summed E-state index contributed by atoms with van der Waals surface area (Å²) in [5, 5.41) is 0. The minimum absolute atomic E-state index is 0.141. The molecule has 0 bridgehead atoms. The molecule has 1 aliphatic heterocycles. The lowest BCUT2D eigenvalue weighted by Gasteiger charge is -2.35. The Hall–Kier alpha value is -0.290. The molecule has 5 heteroatoms. The van der Waals surface area contributed by atoms with E-state index in [9.17, 15) is 13.2 Å². The van der Waals surface area contributed by atoms with Crippen LogP contribution in [0.1, 0.15) is 25.7 Å². The van der Waals surface area contributed by atoms with E-state index >= 15 is 0 Å². The maximum absolute atomic E-state index is 12.5. The van der Waals surface area contributed by atoms with Crippen LogP contribution in [0.5, 0.6) is 0 Å². The maximum Gasteiger partial charge on any atom is 0.393 e. The molecule has 15 heavy (non-hydrogen) atoms. The zero-order valence-corrected chi connectivity index (χ0v) is 8.69. The fourth-order valence-corrected chi connectivity index (χ4v) is 2.23. The van der Waals surface area contributed by atoms with Crippen molar-refractivity contribution < 1.29 is 13.2 Å². The summed E-state index contributed by atoms with van der Waals surface area (Å²) < 4.78 is 37.5. The van der Waals surface area contributed by atoms with Crippen molar-refractivity contribution in [3.63, 3.8) is 0 Å². The van der Waals surface area contributed by atoms with Crippen molar-refractivity contribution in [1.82, 2.24) is 4.90 Å². The number of nitrogens with zero attached hydrogens (tertiary/aromatic N) is 1. The Labute approximate surface area is 87.6 Å². The molecule has 0 amide bonds. The summed E-state index contributed by atoms with van der Waals surface area (Å²) in [4.78, 5) is 1.88. The molecule has 2 fully saturated rings. The molecule has 1 unspecified atom stereocenters. The van der Waals surface area contributed by atoms with Gasteiger partial charge in [0, 0.05) is 18.6 Å². The van der Waals surface area contributed by atoms with Gasteiger partial charge in [-0.3, -0.25) is 0 Å². The summed E-state index contributed by atoms with van der Waals surface area (Å²) in [5.41, 5.74) is 5.74. The van der Waals surface area contributed by atoms with E-state index in [4.69, 9.17) is 5.73 Å². The van der Waals surface area contributed by atoms with E-state index in [1.807, 2.05) is 4.90 Å². The first-order chi connectivity index (χ1) is 6.89. The molecule has 88 valence electrons. The molecule has 1 heterocycles. The highest BCUT2D eigenvalue weighted by atomic mass is 19.4. The number of rotatable bonds is 2. The largest absolute Gasteiger partial charge is 0.393 e. The van der Waals surface area contributed by atoms with Crippen LogP contribution in [0.4, 0.5) is 13.2 Å². The predicted octanol–water partition coefficient (Wildman–Crippen LogP) is 1.75. The molecule has 1 aliphatic carbocycles. The van der Waals surface area contributed by atoms with E-state index in [2.05, 4.69) is 0 Å². The van der Waals surface area contributed by atoms with Gasteiger partial charge in [-0.05, 0) is 32.2 Å². The molecule has 1 saturated carbocycles. The van der Waals surface area contributed by atoms with Gasteiger partial charge in [-0.1, -0.05) is 0 Å².